The number of hydrogen-bond donors (Lipinski definition) is 2. The van der Waals surface area contributed by atoms with E-state index in [1.165, 1.54) is 23.9 Å². The molecule has 1 aromatic carbocycles. The van der Waals surface area contributed by atoms with E-state index in [9.17, 15) is 14.0 Å². The molecule has 0 saturated carbocycles. The molecule has 0 aliphatic rings. The summed E-state index contributed by atoms with van der Waals surface area (Å²) in [6.07, 6.45) is 0.372. The van der Waals surface area contributed by atoms with Crippen LogP contribution in [0.1, 0.15) is 5.56 Å². The van der Waals surface area contributed by atoms with Crippen LogP contribution in [0.15, 0.2) is 24.3 Å². The fraction of sp³-hybridized carbons (Fsp3) is 0.273. The molecule has 1 amide bonds. The molecule has 0 radical (unpaired) electrons. The molecule has 0 spiro atoms. The topological polar surface area (TPSA) is 66.4 Å². The summed E-state index contributed by atoms with van der Waals surface area (Å²) >= 11 is 1.36. The third-order valence-electron chi connectivity index (χ3n) is 2.03. The van der Waals surface area contributed by atoms with Gasteiger partial charge in [-0.1, -0.05) is 12.1 Å². The monoisotopic (exact) mass is 257 g/mol. The number of rotatable bonds is 7. The molecule has 0 aromatic heterocycles. The van der Waals surface area contributed by atoms with E-state index in [2.05, 4.69) is 5.32 Å². The Hall–Kier alpha value is -1.56. The second-order valence-corrected chi connectivity index (χ2v) is 4.35. The maximum atomic E-state index is 12.6. The number of nitrogens with one attached hydrogen (secondary N) is 1. The Labute approximate surface area is 102 Å². The van der Waals surface area contributed by atoms with Gasteiger partial charge in [-0.3, -0.25) is 4.79 Å². The number of hydrogen-bond acceptors (Lipinski definition) is 3. The van der Waals surface area contributed by atoms with Crippen molar-refractivity contribution in [1.82, 2.24) is 5.32 Å². The van der Waals surface area contributed by atoms with Crippen molar-refractivity contribution in [2.24, 2.45) is 0 Å². The molecule has 6 heteroatoms. The van der Waals surface area contributed by atoms with Crippen molar-refractivity contribution in [3.05, 3.63) is 35.6 Å². The lowest BCUT2D eigenvalue weighted by Crippen LogP contribution is -2.37. The molecule has 0 aliphatic carbocycles. The van der Waals surface area contributed by atoms with Gasteiger partial charge in [0.15, 0.2) is 0 Å². The van der Waals surface area contributed by atoms with Crippen molar-refractivity contribution in [3.8, 4) is 0 Å². The Kier molecular flexibility index (Phi) is 5.48. The summed E-state index contributed by atoms with van der Waals surface area (Å²) in [4.78, 5) is 20.9. The fourth-order valence-electron chi connectivity index (χ4n) is 1.15. The summed E-state index contributed by atoms with van der Waals surface area (Å²) in [5, 5.41) is 11.0. The molecule has 1 unspecified atom stereocenters. The standard InChI is InChI=1S/C11H12FNO3S/c12-9-3-1-8(2-4-9)5-17-6-10(11(15)16)13-7-14/h1-4,7,10H,5-6H2,(H,13,14)(H,15,16). The van der Waals surface area contributed by atoms with E-state index in [1.54, 1.807) is 12.1 Å². The number of carbonyl (C=O) groups is 2. The van der Waals surface area contributed by atoms with Gasteiger partial charge in [0.1, 0.15) is 11.9 Å². The molecule has 4 nitrogen and oxygen atoms in total. The minimum absolute atomic E-state index is 0.269. The largest absolute Gasteiger partial charge is 0.480 e. The first-order valence-corrected chi connectivity index (χ1v) is 6.03. The summed E-state index contributed by atoms with van der Waals surface area (Å²) in [6, 6.07) is 5.11. The molecule has 2 N–H and O–H groups in total. The Bertz CT molecular complexity index is 383. The Morgan fingerprint density at radius 2 is 2.12 bits per heavy atom. The number of carboxylic acids is 1. The van der Waals surface area contributed by atoms with Gasteiger partial charge in [0.25, 0.3) is 0 Å². The van der Waals surface area contributed by atoms with Gasteiger partial charge >= 0.3 is 5.97 Å². The average molecular weight is 257 g/mol. The van der Waals surface area contributed by atoms with Crippen LogP contribution in [0.2, 0.25) is 0 Å². The smallest absolute Gasteiger partial charge is 0.327 e. The van der Waals surface area contributed by atoms with E-state index in [0.29, 0.717) is 12.2 Å². The molecular weight excluding hydrogens is 245 g/mol. The number of benzene rings is 1. The van der Waals surface area contributed by atoms with Gasteiger partial charge in [0.2, 0.25) is 6.41 Å². The lowest BCUT2D eigenvalue weighted by atomic mass is 10.2. The number of halogens is 1. The maximum absolute atomic E-state index is 12.6. The zero-order valence-corrected chi connectivity index (χ0v) is 9.74. The van der Waals surface area contributed by atoms with Gasteiger partial charge in [-0.25, -0.2) is 9.18 Å². The zero-order valence-electron chi connectivity index (χ0n) is 8.93. The minimum Gasteiger partial charge on any atom is -0.480 e. The van der Waals surface area contributed by atoms with E-state index in [1.807, 2.05) is 0 Å². The summed E-state index contributed by atoms with van der Waals surface area (Å²) < 4.78 is 12.6. The molecule has 17 heavy (non-hydrogen) atoms. The maximum Gasteiger partial charge on any atom is 0.327 e. The van der Waals surface area contributed by atoms with Crippen molar-refractivity contribution in [2.45, 2.75) is 11.8 Å². The minimum atomic E-state index is -1.07. The van der Waals surface area contributed by atoms with Crippen molar-refractivity contribution in [2.75, 3.05) is 5.75 Å². The Morgan fingerprint density at radius 3 is 2.65 bits per heavy atom. The predicted molar refractivity (Wildman–Crippen MR) is 63.2 cm³/mol. The SMILES string of the molecule is O=CNC(CSCc1ccc(F)cc1)C(=O)O. The fourth-order valence-corrected chi connectivity index (χ4v) is 2.17. The molecule has 0 fully saturated rings. The summed E-state index contributed by atoms with van der Waals surface area (Å²) in [5.74, 6) is -0.524. The number of amides is 1. The van der Waals surface area contributed by atoms with E-state index >= 15 is 0 Å². The Morgan fingerprint density at radius 1 is 1.47 bits per heavy atom. The number of thioether (sulfide) groups is 1. The summed E-state index contributed by atoms with van der Waals surface area (Å²) in [5.41, 5.74) is 0.909. The number of aliphatic carboxylic acids is 1. The van der Waals surface area contributed by atoms with Gasteiger partial charge in [0, 0.05) is 11.5 Å². The highest BCUT2D eigenvalue weighted by molar-refractivity contribution is 7.98. The molecular formula is C11H12FNO3S. The molecule has 1 atom stereocenters. The van der Waals surface area contributed by atoms with Gasteiger partial charge in [-0.2, -0.15) is 11.8 Å². The summed E-state index contributed by atoms with van der Waals surface area (Å²) in [6.45, 7) is 0. The first-order chi connectivity index (χ1) is 8.13. The average Bonchev–Trinajstić information content (AvgIpc) is 2.30. The quantitative estimate of drug-likeness (QED) is 0.722. The van der Waals surface area contributed by atoms with Crippen LogP contribution >= 0.6 is 11.8 Å². The van der Waals surface area contributed by atoms with Crippen molar-refractivity contribution in [1.29, 1.82) is 0 Å². The second-order valence-electron chi connectivity index (χ2n) is 3.32. The van der Waals surface area contributed by atoms with Crippen LogP contribution in [0.4, 0.5) is 4.39 Å². The molecule has 1 aromatic rings. The highest BCUT2D eigenvalue weighted by Crippen LogP contribution is 2.13. The van der Waals surface area contributed by atoms with Crippen LogP contribution in [0.3, 0.4) is 0 Å². The van der Waals surface area contributed by atoms with Crippen LogP contribution in [0.25, 0.3) is 0 Å². The van der Waals surface area contributed by atoms with E-state index in [0.717, 1.165) is 5.56 Å². The Balaban J connectivity index is 2.37. The summed E-state index contributed by atoms with van der Waals surface area (Å²) in [7, 11) is 0. The highest BCUT2D eigenvalue weighted by Gasteiger charge is 2.15. The van der Waals surface area contributed by atoms with Gasteiger partial charge in [-0.05, 0) is 17.7 Å². The molecule has 0 saturated heterocycles. The molecule has 92 valence electrons. The third kappa shape index (κ3) is 4.86. The lowest BCUT2D eigenvalue weighted by Gasteiger charge is -2.10. The van der Waals surface area contributed by atoms with Crippen LogP contribution in [-0.2, 0) is 15.3 Å². The molecule has 0 heterocycles. The van der Waals surface area contributed by atoms with Crippen molar-refractivity contribution in [3.63, 3.8) is 0 Å². The first-order valence-electron chi connectivity index (χ1n) is 4.88. The predicted octanol–water partition coefficient (Wildman–Crippen LogP) is 1.26. The van der Waals surface area contributed by atoms with E-state index in [-0.39, 0.29) is 11.6 Å². The van der Waals surface area contributed by atoms with Crippen molar-refractivity contribution >= 4 is 24.1 Å². The van der Waals surface area contributed by atoms with Gasteiger partial charge in [0.05, 0.1) is 0 Å². The van der Waals surface area contributed by atoms with Crippen molar-refractivity contribution < 1.29 is 19.1 Å². The molecule has 0 bridgehead atoms. The van der Waals surface area contributed by atoms with Gasteiger partial charge < -0.3 is 10.4 Å². The second kappa shape index (κ2) is 6.90. The van der Waals surface area contributed by atoms with Crippen LogP contribution in [-0.4, -0.2) is 29.3 Å². The molecule has 0 aliphatic heterocycles. The molecule has 1 rings (SSSR count). The van der Waals surface area contributed by atoms with Gasteiger partial charge in [-0.15, -0.1) is 0 Å². The van der Waals surface area contributed by atoms with Crippen LogP contribution in [0.5, 0.6) is 0 Å². The number of carboxylic acid groups (broad SMARTS) is 1. The highest BCUT2D eigenvalue weighted by atomic mass is 32.2. The third-order valence-corrected chi connectivity index (χ3v) is 3.14. The normalized spacial score (nSPS) is 11.8. The van der Waals surface area contributed by atoms with E-state index < -0.39 is 12.0 Å². The number of carbonyl (C=O) groups excluding carboxylic acids is 1. The first kappa shape index (κ1) is 13.5. The van der Waals surface area contributed by atoms with E-state index in [4.69, 9.17) is 5.11 Å². The lowest BCUT2D eigenvalue weighted by molar-refractivity contribution is -0.139. The van der Waals surface area contributed by atoms with Crippen LogP contribution < -0.4 is 5.32 Å². The zero-order chi connectivity index (χ0) is 12.7. The van der Waals surface area contributed by atoms with Crippen LogP contribution in [0, 0.1) is 5.82 Å².